The maximum atomic E-state index is 12.2. The molecule has 0 unspecified atom stereocenters. The Balaban J connectivity index is 1.62. The van der Waals surface area contributed by atoms with Crippen LogP contribution in [0.3, 0.4) is 0 Å². The molecule has 5 nitrogen and oxygen atoms in total. The van der Waals surface area contributed by atoms with E-state index in [1.807, 2.05) is 6.92 Å². The number of ether oxygens (including phenoxy) is 4. The van der Waals surface area contributed by atoms with E-state index in [1.54, 1.807) is 0 Å². The molecule has 0 aromatic rings. The van der Waals surface area contributed by atoms with Gasteiger partial charge in [-0.05, 0) is 19.3 Å². The van der Waals surface area contributed by atoms with Crippen LogP contribution in [0.4, 0.5) is 0 Å². The number of hydrogen-bond acceptors (Lipinski definition) is 5. The van der Waals surface area contributed by atoms with Crippen molar-refractivity contribution in [3.8, 4) is 0 Å². The molecule has 22 heavy (non-hydrogen) atoms. The lowest BCUT2D eigenvalue weighted by Gasteiger charge is -2.53. The lowest BCUT2D eigenvalue weighted by molar-refractivity contribution is -0.252. The summed E-state index contributed by atoms with van der Waals surface area (Å²) in [5.74, 6) is -1.21. The Kier molecular flexibility index (Phi) is 2.32. The molecule has 3 heterocycles. The van der Waals surface area contributed by atoms with Gasteiger partial charge in [0.25, 0.3) is 0 Å². The Morgan fingerprint density at radius 3 is 2.55 bits per heavy atom. The lowest BCUT2D eigenvalue weighted by atomic mass is 9.51. The zero-order valence-electron chi connectivity index (χ0n) is 13.5. The van der Waals surface area contributed by atoms with Gasteiger partial charge in [0.05, 0.1) is 19.1 Å². The van der Waals surface area contributed by atoms with Crippen LogP contribution in [0.1, 0.15) is 46.5 Å². The molecule has 6 atom stereocenters. The first kappa shape index (κ1) is 13.8. The monoisotopic (exact) mass is 308 g/mol. The molecule has 0 amide bonds. The predicted molar refractivity (Wildman–Crippen MR) is 75.7 cm³/mol. The summed E-state index contributed by atoms with van der Waals surface area (Å²) in [6.07, 6.45) is 3.99. The van der Waals surface area contributed by atoms with Crippen LogP contribution in [-0.2, 0) is 23.7 Å². The molecule has 2 aliphatic carbocycles. The van der Waals surface area contributed by atoms with E-state index in [1.165, 1.54) is 0 Å². The van der Waals surface area contributed by atoms with E-state index in [9.17, 15) is 4.79 Å². The number of epoxide rings is 1. The van der Waals surface area contributed by atoms with Crippen molar-refractivity contribution in [1.82, 2.24) is 0 Å². The third-order valence-corrected chi connectivity index (χ3v) is 7.48. The molecular weight excluding hydrogens is 284 g/mol. The van der Waals surface area contributed by atoms with Gasteiger partial charge in [-0.3, -0.25) is 4.79 Å². The van der Waals surface area contributed by atoms with Gasteiger partial charge in [0.15, 0.2) is 11.4 Å². The van der Waals surface area contributed by atoms with Crippen molar-refractivity contribution in [3.63, 3.8) is 0 Å². The summed E-state index contributed by atoms with van der Waals surface area (Å²) >= 11 is 0. The Hall–Kier alpha value is -0.650. The summed E-state index contributed by atoms with van der Waals surface area (Å²) in [5.41, 5.74) is -0.403. The molecule has 5 fully saturated rings. The molecule has 3 aliphatic heterocycles. The zero-order chi connectivity index (χ0) is 15.4. The fraction of sp³-hybridized carbons (Fsp3) is 0.941. The molecule has 5 aliphatic rings. The van der Waals surface area contributed by atoms with Crippen molar-refractivity contribution >= 4 is 5.97 Å². The molecular formula is C17H24O5. The van der Waals surface area contributed by atoms with Crippen LogP contribution >= 0.6 is 0 Å². The predicted octanol–water partition coefficient (Wildman–Crippen LogP) is 2.23. The van der Waals surface area contributed by atoms with Gasteiger partial charge in [0.2, 0.25) is 5.79 Å². The van der Waals surface area contributed by atoms with Crippen LogP contribution in [0, 0.1) is 23.2 Å². The van der Waals surface area contributed by atoms with Gasteiger partial charge in [-0.1, -0.05) is 20.8 Å². The normalized spacial score (nSPS) is 58.0. The first-order chi connectivity index (χ1) is 10.4. The van der Waals surface area contributed by atoms with E-state index in [-0.39, 0.29) is 29.1 Å². The van der Waals surface area contributed by atoms with E-state index in [0.717, 1.165) is 25.7 Å². The minimum atomic E-state index is -0.724. The van der Waals surface area contributed by atoms with Gasteiger partial charge in [-0.25, -0.2) is 0 Å². The molecule has 0 radical (unpaired) electrons. The fourth-order valence-electron chi connectivity index (χ4n) is 6.18. The fourth-order valence-corrected chi connectivity index (χ4v) is 6.18. The minimum absolute atomic E-state index is 0.0355. The second-order valence-electron chi connectivity index (χ2n) is 8.15. The van der Waals surface area contributed by atoms with Gasteiger partial charge >= 0.3 is 5.97 Å². The highest BCUT2D eigenvalue weighted by molar-refractivity contribution is 5.76. The maximum Gasteiger partial charge on any atom is 0.311 e. The smallest absolute Gasteiger partial charge is 0.311 e. The minimum Gasteiger partial charge on any atom is -0.429 e. The van der Waals surface area contributed by atoms with Gasteiger partial charge < -0.3 is 18.9 Å². The van der Waals surface area contributed by atoms with Crippen LogP contribution in [0.15, 0.2) is 0 Å². The number of rotatable bonds is 0. The van der Waals surface area contributed by atoms with Crippen molar-refractivity contribution in [2.45, 2.75) is 63.6 Å². The molecule has 3 saturated heterocycles. The first-order valence-electron chi connectivity index (χ1n) is 8.62. The molecule has 2 saturated carbocycles. The van der Waals surface area contributed by atoms with E-state index in [0.29, 0.717) is 13.2 Å². The molecule has 122 valence electrons. The van der Waals surface area contributed by atoms with Crippen LogP contribution < -0.4 is 0 Å². The van der Waals surface area contributed by atoms with Gasteiger partial charge in [-0.2, -0.15) is 0 Å². The highest BCUT2D eigenvalue weighted by atomic mass is 16.8. The summed E-state index contributed by atoms with van der Waals surface area (Å²) in [7, 11) is 0. The van der Waals surface area contributed by atoms with Gasteiger partial charge in [0, 0.05) is 23.7 Å². The molecule has 0 N–H and O–H groups in total. The zero-order valence-corrected chi connectivity index (χ0v) is 13.5. The standard InChI is InChI=1S/C17H24O5/c1-10-12-4-5-14(3)6-7-15(19-8-9-20-15)11(2)16(14)17(12,22-16)21-13(10)18/h10-12H,4-9H2,1-3H3/t10-,11-,12-,14-,16+,17-/m0/s1. The van der Waals surface area contributed by atoms with Crippen LogP contribution in [-0.4, -0.2) is 36.4 Å². The highest BCUT2D eigenvalue weighted by Crippen LogP contribution is 2.78. The second-order valence-corrected chi connectivity index (χ2v) is 8.15. The van der Waals surface area contributed by atoms with Crippen LogP contribution in [0.2, 0.25) is 0 Å². The molecule has 5 rings (SSSR count). The van der Waals surface area contributed by atoms with Crippen LogP contribution in [0.25, 0.3) is 0 Å². The van der Waals surface area contributed by atoms with E-state index in [4.69, 9.17) is 18.9 Å². The largest absolute Gasteiger partial charge is 0.429 e. The Morgan fingerprint density at radius 2 is 1.82 bits per heavy atom. The molecule has 5 heteroatoms. The molecule has 0 bridgehead atoms. The third-order valence-electron chi connectivity index (χ3n) is 7.48. The topological polar surface area (TPSA) is 57.3 Å². The van der Waals surface area contributed by atoms with E-state index in [2.05, 4.69) is 13.8 Å². The molecule has 0 aromatic heterocycles. The van der Waals surface area contributed by atoms with E-state index >= 15 is 0 Å². The second kappa shape index (κ2) is 3.70. The van der Waals surface area contributed by atoms with Crippen molar-refractivity contribution in [1.29, 1.82) is 0 Å². The quantitative estimate of drug-likeness (QED) is 0.507. The highest BCUT2D eigenvalue weighted by Gasteiger charge is 2.91. The third kappa shape index (κ3) is 1.18. The summed E-state index contributed by atoms with van der Waals surface area (Å²) < 4.78 is 24.4. The number of esters is 1. The van der Waals surface area contributed by atoms with Gasteiger partial charge in [-0.15, -0.1) is 0 Å². The van der Waals surface area contributed by atoms with E-state index < -0.39 is 17.2 Å². The SMILES string of the molecule is C[C@@H]1C(=O)O[C@@]23O[C@@]24[C@@H](C)C2(CC[C@]4(C)CC[C@@H]13)OCCO2. The summed E-state index contributed by atoms with van der Waals surface area (Å²) in [4.78, 5) is 12.2. The Labute approximate surface area is 130 Å². The molecule has 3 spiro atoms. The number of carbonyl (C=O) groups excluding carboxylic acids is 1. The first-order valence-corrected chi connectivity index (χ1v) is 8.62. The van der Waals surface area contributed by atoms with Crippen molar-refractivity contribution in [2.24, 2.45) is 23.2 Å². The number of carbonyl (C=O) groups is 1. The van der Waals surface area contributed by atoms with Crippen molar-refractivity contribution in [2.75, 3.05) is 13.2 Å². The Morgan fingerprint density at radius 1 is 1.09 bits per heavy atom. The average Bonchev–Trinajstić information content (AvgIpc) is 2.84. The Bertz CT molecular complexity index is 555. The van der Waals surface area contributed by atoms with Crippen LogP contribution in [0.5, 0.6) is 0 Å². The van der Waals surface area contributed by atoms with Gasteiger partial charge in [0.1, 0.15) is 0 Å². The average molecular weight is 308 g/mol. The lowest BCUT2D eigenvalue weighted by Crippen LogP contribution is -2.62. The molecule has 0 aromatic carbocycles. The summed E-state index contributed by atoms with van der Waals surface area (Å²) in [5, 5.41) is 0. The van der Waals surface area contributed by atoms with Crippen molar-refractivity contribution in [3.05, 3.63) is 0 Å². The van der Waals surface area contributed by atoms with Crippen molar-refractivity contribution < 1.29 is 23.7 Å². The number of hydrogen-bond donors (Lipinski definition) is 0. The maximum absolute atomic E-state index is 12.2. The summed E-state index contributed by atoms with van der Waals surface area (Å²) in [6.45, 7) is 7.73. The summed E-state index contributed by atoms with van der Waals surface area (Å²) in [6, 6.07) is 0.